The summed E-state index contributed by atoms with van der Waals surface area (Å²) in [7, 11) is 0. The van der Waals surface area contributed by atoms with Crippen molar-refractivity contribution in [3.05, 3.63) is 78.4 Å². The second kappa shape index (κ2) is 18.6. The summed E-state index contributed by atoms with van der Waals surface area (Å²) in [6, 6.07) is 21.9. The van der Waals surface area contributed by atoms with Gasteiger partial charge in [-0.3, -0.25) is 0 Å². The van der Waals surface area contributed by atoms with Gasteiger partial charge in [-0.05, 0) is 79.4 Å². The lowest BCUT2D eigenvalue weighted by molar-refractivity contribution is -0.151. The summed E-state index contributed by atoms with van der Waals surface area (Å²) in [6.07, 6.45) is 10.9. The maximum Gasteiger partial charge on any atom is 0.347 e. The minimum absolute atomic E-state index is 0.356. The third-order valence-corrected chi connectivity index (χ3v) is 7.00. The van der Waals surface area contributed by atoms with E-state index in [2.05, 4.69) is 13.8 Å². The predicted molar refractivity (Wildman–Crippen MR) is 167 cm³/mol. The van der Waals surface area contributed by atoms with Crippen molar-refractivity contribution in [2.75, 3.05) is 13.2 Å². The largest absolute Gasteiger partial charge is 0.494 e. The molecular formula is C36H46O6. The molecular weight excluding hydrogens is 528 g/mol. The molecule has 0 radical (unpaired) electrons. The van der Waals surface area contributed by atoms with Gasteiger partial charge in [0.15, 0.2) is 6.10 Å². The van der Waals surface area contributed by atoms with Crippen LogP contribution in [0.25, 0.3) is 11.1 Å². The van der Waals surface area contributed by atoms with Gasteiger partial charge in [-0.2, -0.15) is 0 Å². The Balaban J connectivity index is 1.43. The number of benzene rings is 3. The Hall–Kier alpha value is -3.80. The Morgan fingerprint density at radius 3 is 1.74 bits per heavy atom. The molecule has 0 heterocycles. The van der Waals surface area contributed by atoms with E-state index in [9.17, 15) is 9.59 Å². The third kappa shape index (κ3) is 11.6. The van der Waals surface area contributed by atoms with Gasteiger partial charge in [0.1, 0.15) is 17.2 Å². The van der Waals surface area contributed by atoms with Crippen molar-refractivity contribution >= 4 is 11.9 Å². The van der Waals surface area contributed by atoms with Gasteiger partial charge in [0.05, 0.1) is 18.8 Å². The third-order valence-electron chi connectivity index (χ3n) is 7.00. The van der Waals surface area contributed by atoms with E-state index in [1.165, 1.54) is 32.1 Å². The first kappa shape index (κ1) is 32.7. The molecule has 0 amide bonds. The Kier molecular flexibility index (Phi) is 14.5. The number of carbonyl (C=O) groups excluding carboxylic acids is 2. The summed E-state index contributed by atoms with van der Waals surface area (Å²) in [5.41, 5.74) is 2.37. The molecule has 3 rings (SSSR count). The van der Waals surface area contributed by atoms with Crippen LogP contribution in [0.5, 0.6) is 17.2 Å². The maximum absolute atomic E-state index is 12.7. The van der Waals surface area contributed by atoms with E-state index >= 15 is 0 Å². The topological polar surface area (TPSA) is 71.1 Å². The van der Waals surface area contributed by atoms with Crippen LogP contribution in [-0.2, 0) is 9.53 Å². The molecule has 0 aliphatic carbocycles. The molecule has 0 fully saturated rings. The van der Waals surface area contributed by atoms with Crippen LogP contribution < -0.4 is 14.2 Å². The van der Waals surface area contributed by atoms with Crippen LogP contribution >= 0.6 is 0 Å². The molecule has 1 unspecified atom stereocenters. The van der Waals surface area contributed by atoms with E-state index in [0.29, 0.717) is 30.3 Å². The Morgan fingerprint density at radius 2 is 1.10 bits per heavy atom. The van der Waals surface area contributed by atoms with Gasteiger partial charge in [0.2, 0.25) is 0 Å². The van der Waals surface area contributed by atoms with Gasteiger partial charge in [0.25, 0.3) is 0 Å². The maximum atomic E-state index is 12.7. The second-order valence-corrected chi connectivity index (χ2v) is 10.6. The average molecular weight is 575 g/mol. The van der Waals surface area contributed by atoms with Crippen LogP contribution in [-0.4, -0.2) is 31.3 Å². The number of unbranched alkanes of at least 4 members (excludes halogenated alkanes) is 8. The summed E-state index contributed by atoms with van der Waals surface area (Å²) >= 11 is 0. The standard InChI is InChI=1S/C36H46O6/c1-4-6-8-10-11-13-26-39-32-22-24-34(25-23-32)42-36(38)31-16-14-29(15-17-31)30-18-20-33(21-19-30)41-28(3)35(37)40-27-12-9-7-5-2/h14-25,28H,4-13,26-27H2,1-3H3. The van der Waals surface area contributed by atoms with E-state index in [-0.39, 0.29) is 5.97 Å². The molecule has 0 aromatic heterocycles. The van der Waals surface area contributed by atoms with Crippen LogP contribution in [0.1, 0.15) is 95.3 Å². The van der Waals surface area contributed by atoms with Crippen LogP contribution in [0.3, 0.4) is 0 Å². The summed E-state index contributed by atoms with van der Waals surface area (Å²) in [5, 5.41) is 0. The van der Waals surface area contributed by atoms with Crippen LogP contribution in [0, 0.1) is 0 Å². The zero-order valence-electron chi connectivity index (χ0n) is 25.4. The van der Waals surface area contributed by atoms with Crippen molar-refractivity contribution in [1.29, 1.82) is 0 Å². The van der Waals surface area contributed by atoms with Gasteiger partial charge >= 0.3 is 11.9 Å². The first-order chi connectivity index (χ1) is 20.5. The molecule has 3 aromatic carbocycles. The Morgan fingerprint density at radius 1 is 0.595 bits per heavy atom. The number of hydrogen-bond acceptors (Lipinski definition) is 6. The van der Waals surface area contributed by atoms with Gasteiger partial charge in [0, 0.05) is 0 Å². The van der Waals surface area contributed by atoms with Gasteiger partial charge in [-0.1, -0.05) is 89.5 Å². The highest BCUT2D eigenvalue weighted by molar-refractivity contribution is 5.91. The molecule has 226 valence electrons. The van der Waals surface area contributed by atoms with Crippen LogP contribution in [0.2, 0.25) is 0 Å². The Labute approximate surface area is 251 Å². The number of esters is 2. The first-order valence-corrected chi connectivity index (χ1v) is 15.5. The molecule has 3 aromatic rings. The number of hydrogen-bond donors (Lipinski definition) is 0. The summed E-state index contributed by atoms with van der Waals surface area (Å²) in [6.45, 7) is 7.18. The quantitative estimate of drug-likeness (QED) is 0.0807. The fourth-order valence-electron chi connectivity index (χ4n) is 4.44. The average Bonchev–Trinajstić information content (AvgIpc) is 3.01. The smallest absolute Gasteiger partial charge is 0.347 e. The van der Waals surface area contributed by atoms with E-state index < -0.39 is 12.1 Å². The Bertz CT molecular complexity index is 1190. The van der Waals surface area contributed by atoms with Crippen LogP contribution in [0.4, 0.5) is 0 Å². The van der Waals surface area contributed by atoms with Crippen molar-refractivity contribution in [3.63, 3.8) is 0 Å². The lowest BCUT2D eigenvalue weighted by atomic mass is 10.0. The summed E-state index contributed by atoms with van der Waals surface area (Å²) < 4.78 is 22.4. The zero-order valence-corrected chi connectivity index (χ0v) is 25.4. The van der Waals surface area contributed by atoms with Crippen molar-refractivity contribution in [2.45, 2.75) is 91.1 Å². The number of ether oxygens (including phenoxy) is 4. The van der Waals surface area contributed by atoms with Crippen molar-refractivity contribution < 1.29 is 28.5 Å². The van der Waals surface area contributed by atoms with Crippen molar-refractivity contribution in [3.8, 4) is 28.4 Å². The lowest BCUT2D eigenvalue weighted by Gasteiger charge is -2.14. The molecule has 6 nitrogen and oxygen atoms in total. The summed E-state index contributed by atoms with van der Waals surface area (Å²) in [5.74, 6) is 1.06. The molecule has 0 saturated heterocycles. The zero-order chi connectivity index (χ0) is 30.0. The molecule has 6 heteroatoms. The first-order valence-electron chi connectivity index (χ1n) is 15.5. The van der Waals surface area contributed by atoms with E-state index in [4.69, 9.17) is 18.9 Å². The highest BCUT2D eigenvalue weighted by atomic mass is 16.6. The van der Waals surface area contributed by atoms with E-state index in [0.717, 1.165) is 49.0 Å². The van der Waals surface area contributed by atoms with Gasteiger partial charge in [-0.15, -0.1) is 0 Å². The van der Waals surface area contributed by atoms with Crippen LogP contribution in [0.15, 0.2) is 72.8 Å². The highest BCUT2D eigenvalue weighted by Gasteiger charge is 2.16. The number of rotatable bonds is 19. The summed E-state index contributed by atoms with van der Waals surface area (Å²) in [4.78, 5) is 24.9. The molecule has 0 aliphatic rings. The molecule has 0 saturated carbocycles. The normalized spacial score (nSPS) is 11.5. The lowest BCUT2D eigenvalue weighted by Crippen LogP contribution is -2.26. The molecule has 0 bridgehead atoms. The van der Waals surface area contributed by atoms with E-state index in [1.54, 1.807) is 31.2 Å². The molecule has 0 spiro atoms. The highest BCUT2D eigenvalue weighted by Crippen LogP contribution is 2.25. The fraction of sp³-hybridized carbons (Fsp3) is 0.444. The fourth-order valence-corrected chi connectivity index (χ4v) is 4.44. The molecule has 0 aliphatic heterocycles. The minimum atomic E-state index is -0.679. The van der Waals surface area contributed by atoms with Gasteiger partial charge < -0.3 is 18.9 Å². The SMILES string of the molecule is CCCCCCCCOc1ccc(OC(=O)c2ccc(-c3ccc(OC(C)C(=O)OCCCCCC)cc3)cc2)cc1. The predicted octanol–water partition coefficient (Wildman–Crippen LogP) is 9.20. The second-order valence-electron chi connectivity index (χ2n) is 10.6. The minimum Gasteiger partial charge on any atom is -0.494 e. The monoisotopic (exact) mass is 574 g/mol. The van der Waals surface area contributed by atoms with Gasteiger partial charge in [-0.25, -0.2) is 9.59 Å². The van der Waals surface area contributed by atoms with E-state index in [1.807, 2.05) is 48.5 Å². The molecule has 1 atom stereocenters. The van der Waals surface area contributed by atoms with Crippen molar-refractivity contribution in [1.82, 2.24) is 0 Å². The van der Waals surface area contributed by atoms with Crippen molar-refractivity contribution in [2.24, 2.45) is 0 Å². The molecule has 0 N–H and O–H groups in total. The molecule has 42 heavy (non-hydrogen) atoms. The number of carbonyl (C=O) groups is 2.